The Morgan fingerprint density at radius 2 is 0.333 bits per heavy atom. The molecule has 0 heterocycles. The summed E-state index contributed by atoms with van der Waals surface area (Å²) in [5.74, 6) is 0. The van der Waals surface area contributed by atoms with Gasteiger partial charge in [0.2, 0.25) is 0 Å². The summed E-state index contributed by atoms with van der Waals surface area (Å²) in [6.07, 6.45) is 0. The zero-order valence-electron chi connectivity index (χ0n) is 11.3. The molecule has 24 heteroatoms. The van der Waals surface area contributed by atoms with Gasteiger partial charge in [-0.15, -0.1) is 0 Å². The fourth-order valence-electron chi connectivity index (χ4n) is 0. The molecule has 0 bridgehead atoms. The molecule has 0 unspecified atom stereocenters. The van der Waals surface area contributed by atoms with Crippen LogP contribution in [0.5, 0.6) is 0 Å². The number of hydrogen-bond donors (Lipinski definition) is 2. The van der Waals surface area contributed by atoms with E-state index in [2.05, 4.69) is 0 Å². The molecule has 0 saturated heterocycles. The zero-order chi connectivity index (χ0) is 18.0. The van der Waals surface area contributed by atoms with Crippen LogP contribution in [0.2, 0.25) is 0 Å². The topological polar surface area (TPSA) is 394 Å². The molecular weight excluding hydrogens is 466 g/mol. The first-order valence-corrected chi connectivity index (χ1v) is 8.00. The minimum atomic E-state index is -5.17. The van der Waals surface area contributed by atoms with Crippen molar-refractivity contribution in [3.63, 3.8) is 0 Å². The Hall–Kier alpha value is 0.465. The fraction of sp³-hybridized carbons (Fsp3) is 0. The molecular formula is H8Al2N2O16S4. The summed E-state index contributed by atoms with van der Waals surface area (Å²) >= 11 is 0. The first kappa shape index (κ1) is 49.7. The predicted molar refractivity (Wildman–Crippen MR) is 65.4 cm³/mol. The number of quaternary nitrogens is 2. The van der Waals surface area contributed by atoms with Gasteiger partial charge in [-0.05, 0) is 0 Å². The summed E-state index contributed by atoms with van der Waals surface area (Å²) in [5, 5.41) is 0. The predicted octanol–water partition coefficient (Wildman–Crippen LogP) is -5.36. The molecule has 0 aromatic carbocycles. The minimum absolute atomic E-state index is 0. The van der Waals surface area contributed by atoms with Gasteiger partial charge in [-0.25, -0.2) is 0 Å². The molecule has 0 amide bonds. The number of rotatable bonds is 0. The smallest absolute Gasteiger partial charge is 0.759 e. The van der Waals surface area contributed by atoms with Crippen molar-refractivity contribution in [2.75, 3.05) is 0 Å². The van der Waals surface area contributed by atoms with Crippen LogP contribution in [-0.4, -0.2) is 105 Å². The summed E-state index contributed by atoms with van der Waals surface area (Å²) in [4.78, 5) is 0. The van der Waals surface area contributed by atoms with Crippen molar-refractivity contribution in [3.8, 4) is 0 Å². The molecule has 24 heavy (non-hydrogen) atoms. The van der Waals surface area contributed by atoms with E-state index in [9.17, 15) is 0 Å². The van der Waals surface area contributed by atoms with E-state index in [0.717, 1.165) is 0 Å². The van der Waals surface area contributed by atoms with Crippen molar-refractivity contribution in [2.24, 2.45) is 0 Å². The SMILES string of the molecule is O=S(=O)([O-])[O-].O=S(=O)([O-])[O-].O=S(=O)([O-])[O-].O=S(=O)([O-])[O-].[Al+3].[Al+3].[NH4+].[NH4+]. The maximum absolute atomic E-state index is 8.52. The Kier molecular flexibility index (Phi) is 41.0. The average Bonchev–Trinajstić information content (AvgIpc) is 1.62. The first-order chi connectivity index (χ1) is 8.00. The van der Waals surface area contributed by atoms with Gasteiger partial charge in [0.1, 0.15) is 0 Å². The van der Waals surface area contributed by atoms with Crippen molar-refractivity contribution in [1.29, 1.82) is 0 Å². The molecule has 0 aromatic heterocycles. The molecule has 0 fully saturated rings. The summed E-state index contributed by atoms with van der Waals surface area (Å²) in [6, 6.07) is 0. The van der Waals surface area contributed by atoms with Crippen LogP contribution in [-0.2, 0) is 41.6 Å². The monoisotopic (exact) mass is 474 g/mol. The largest absolute Gasteiger partial charge is 3.00 e. The molecule has 18 nitrogen and oxygen atoms in total. The van der Waals surface area contributed by atoms with Crippen molar-refractivity contribution >= 4 is 76.3 Å². The summed E-state index contributed by atoms with van der Waals surface area (Å²) in [7, 11) is -20.7. The van der Waals surface area contributed by atoms with Gasteiger partial charge in [-0.1, -0.05) is 0 Å². The number of hydrogen-bond acceptors (Lipinski definition) is 16. The summed E-state index contributed by atoms with van der Waals surface area (Å²) < 4.78 is 136. The van der Waals surface area contributed by atoms with E-state index in [4.69, 9.17) is 70.1 Å². The van der Waals surface area contributed by atoms with E-state index >= 15 is 0 Å². The van der Waals surface area contributed by atoms with E-state index in [1.54, 1.807) is 0 Å². The van der Waals surface area contributed by atoms with Gasteiger partial charge in [0.05, 0.1) is 0 Å². The Bertz CT molecular complexity index is 487. The molecule has 0 radical (unpaired) electrons. The molecule has 8 N–H and O–H groups in total. The molecule has 144 valence electrons. The average molecular weight is 474 g/mol. The van der Waals surface area contributed by atoms with Crippen molar-refractivity contribution in [2.45, 2.75) is 0 Å². The molecule has 0 atom stereocenters. The molecule has 0 spiro atoms. The van der Waals surface area contributed by atoms with Crippen LogP contribution in [0, 0.1) is 0 Å². The molecule has 0 aliphatic rings. The van der Waals surface area contributed by atoms with E-state index in [-0.39, 0.29) is 47.0 Å². The van der Waals surface area contributed by atoms with Gasteiger partial charge >= 0.3 is 34.7 Å². The van der Waals surface area contributed by atoms with E-state index in [1.807, 2.05) is 0 Å². The molecule has 0 rings (SSSR count). The summed E-state index contributed by atoms with van der Waals surface area (Å²) in [6.45, 7) is 0. The molecule has 0 aliphatic heterocycles. The van der Waals surface area contributed by atoms with Gasteiger partial charge in [0.25, 0.3) is 0 Å². The molecule has 0 aromatic rings. The maximum atomic E-state index is 8.52. The molecule has 0 aliphatic carbocycles. The fourth-order valence-corrected chi connectivity index (χ4v) is 0. The Balaban J connectivity index is -0.0000000225. The van der Waals surface area contributed by atoms with E-state index < -0.39 is 41.6 Å². The van der Waals surface area contributed by atoms with Crippen LogP contribution in [0.25, 0.3) is 0 Å². The van der Waals surface area contributed by atoms with Gasteiger partial charge in [-0.3, -0.25) is 33.7 Å². The Labute approximate surface area is 158 Å². The minimum Gasteiger partial charge on any atom is -0.759 e. The molecule has 0 saturated carbocycles. The first-order valence-electron chi connectivity index (χ1n) is 2.67. The second-order valence-corrected chi connectivity index (χ2v) is 4.90. The van der Waals surface area contributed by atoms with E-state index in [1.165, 1.54) is 0 Å². The third-order valence-electron chi connectivity index (χ3n) is 0. The standard InChI is InChI=1S/2Al.2H3N.4H2O4S/c;;;;4*1-5(2,3)4/h;;2*1H3;4*(H2,1,2,3,4)/q2*+3;;;;;;/p-6. The van der Waals surface area contributed by atoms with Crippen LogP contribution in [0.1, 0.15) is 0 Å². The Morgan fingerprint density at radius 3 is 0.333 bits per heavy atom. The van der Waals surface area contributed by atoms with Crippen LogP contribution in [0.3, 0.4) is 0 Å². The second-order valence-electron chi connectivity index (χ2n) is 1.63. The maximum Gasteiger partial charge on any atom is 3.00 e. The van der Waals surface area contributed by atoms with Crippen molar-refractivity contribution in [1.82, 2.24) is 12.3 Å². The van der Waals surface area contributed by atoms with E-state index in [0.29, 0.717) is 0 Å². The van der Waals surface area contributed by atoms with Gasteiger partial charge in [0, 0.05) is 41.6 Å². The van der Waals surface area contributed by atoms with Crippen molar-refractivity contribution < 1.29 is 70.1 Å². The third kappa shape index (κ3) is 47900. The zero-order valence-corrected chi connectivity index (χ0v) is 16.9. The third-order valence-corrected chi connectivity index (χ3v) is 0. The van der Waals surface area contributed by atoms with Gasteiger partial charge < -0.3 is 48.7 Å². The summed E-state index contributed by atoms with van der Waals surface area (Å²) in [5.41, 5.74) is 0. The van der Waals surface area contributed by atoms with Crippen LogP contribution in [0.15, 0.2) is 0 Å². The second kappa shape index (κ2) is 19.8. The van der Waals surface area contributed by atoms with Crippen molar-refractivity contribution in [3.05, 3.63) is 0 Å². The van der Waals surface area contributed by atoms with Crippen LogP contribution in [0.4, 0.5) is 0 Å². The van der Waals surface area contributed by atoms with Crippen LogP contribution >= 0.6 is 0 Å². The quantitative estimate of drug-likeness (QED) is 0.188. The Morgan fingerprint density at radius 1 is 0.333 bits per heavy atom. The van der Waals surface area contributed by atoms with Gasteiger partial charge in [-0.2, -0.15) is 0 Å². The van der Waals surface area contributed by atoms with Crippen LogP contribution < -0.4 is 12.3 Å². The normalized spacial score (nSPS) is 9.67. The van der Waals surface area contributed by atoms with Gasteiger partial charge in [0.15, 0.2) is 0 Å².